The maximum atomic E-state index is 13.5. The topological polar surface area (TPSA) is 186 Å². The molecule has 0 saturated carbocycles. The lowest BCUT2D eigenvalue weighted by molar-refractivity contribution is -0.133. The number of ketones is 2. The van der Waals surface area contributed by atoms with Crippen molar-refractivity contribution < 1.29 is 19.5 Å². The summed E-state index contributed by atoms with van der Waals surface area (Å²) in [5, 5.41) is 32.3. The second kappa shape index (κ2) is 13.2. The molecule has 0 aliphatic heterocycles. The lowest BCUT2D eigenvalue weighted by Gasteiger charge is -2.29. The van der Waals surface area contributed by atoms with Crippen LogP contribution < -0.4 is 10.9 Å². The molecule has 5 rings (SSSR count). The average molecular weight is 610 g/mol. The van der Waals surface area contributed by atoms with Crippen molar-refractivity contribution in [3.05, 3.63) is 118 Å². The third kappa shape index (κ3) is 6.73. The van der Waals surface area contributed by atoms with Gasteiger partial charge in [-0.2, -0.15) is 0 Å². The molecule has 2 aromatic rings. The van der Waals surface area contributed by atoms with Gasteiger partial charge in [0.25, 0.3) is 5.91 Å². The SMILES string of the molecule is Cc1nnnn1N/C=C1\C=CC(=O)C(C(C2=C/C(=C/Nn3nnnc3C)C=CC2=O)=C2C=C(N(C(=O)CO)C(C)C)C=CC2)=C1. The van der Waals surface area contributed by atoms with Crippen molar-refractivity contribution in [1.29, 1.82) is 0 Å². The van der Waals surface area contributed by atoms with Gasteiger partial charge in [-0.05, 0) is 120 Å². The first-order valence-electron chi connectivity index (χ1n) is 14.0. The van der Waals surface area contributed by atoms with E-state index in [9.17, 15) is 19.5 Å². The number of carbonyl (C=O) groups excluding carboxylic acids is 3. The van der Waals surface area contributed by atoms with Crippen molar-refractivity contribution in [2.45, 2.75) is 40.2 Å². The van der Waals surface area contributed by atoms with Crippen LogP contribution in [0.4, 0.5) is 0 Å². The smallest absolute Gasteiger partial charge is 0.252 e. The normalized spacial score (nSPS) is 18.0. The van der Waals surface area contributed by atoms with Crippen LogP contribution in [0.15, 0.2) is 106 Å². The van der Waals surface area contributed by atoms with E-state index >= 15 is 0 Å². The number of aryl methyl sites for hydroxylation is 2. The van der Waals surface area contributed by atoms with E-state index in [-0.39, 0.29) is 28.8 Å². The molecule has 0 radical (unpaired) electrons. The van der Waals surface area contributed by atoms with Crippen molar-refractivity contribution in [2.75, 3.05) is 17.5 Å². The quantitative estimate of drug-likeness (QED) is 0.371. The lowest BCUT2D eigenvalue weighted by Crippen LogP contribution is -2.38. The molecule has 0 spiro atoms. The van der Waals surface area contributed by atoms with Crippen LogP contribution in [0.3, 0.4) is 0 Å². The first-order valence-corrected chi connectivity index (χ1v) is 14.0. The molecule has 1 amide bonds. The number of hydrogen-bond acceptors (Lipinski definition) is 12. The maximum Gasteiger partial charge on any atom is 0.252 e. The van der Waals surface area contributed by atoms with Gasteiger partial charge < -0.3 is 10.0 Å². The van der Waals surface area contributed by atoms with Crippen molar-refractivity contribution in [2.24, 2.45) is 0 Å². The van der Waals surface area contributed by atoms with Gasteiger partial charge in [0.15, 0.2) is 23.2 Å². The lowest BCUT2D eigenvalue weighted by atomic mass is 9.81. The largest absolute Gasteiger partial charge is 0.387 e. The van der Waals surface area contributed by atoms with Gasteiger partial charge in [0.05, 0.1) is 0 Å². The van der Waals surface area contributed by atoms with Crippen molar-refractivity contribution in [3.8, 4) is 0 Å². The highest BCUT2D eigenvalue weighted by Gasteiger charge is 2.28. The van der Waals surface area contributed by atoms with Gasteiger partial charge in [-0.3, -0.25) is 25.2 Å². The highest BCUT2D eigenvalue weighted by molar-refractivity contribution is 6.17. The number of aliphatic hydroxyl groups excluding tert-OH is 1. The minimum atomic E-state index is -0.665. The molecule has 0 saturated heterocycles. The molecule has 2 heterocycles. The summed E-state index contributed by atoms with van der Waals surface area (Å²) in [5.41, 5.74) is 9.34. The fourth-order valence-electron chi connectivity index (χ4n) is 4.85. The first-order chi connectivity index (χ1) is 21.7. The van der Waals surface area contributed by atoms with Crippen LogP contribution in [0.2, 0.25) is 0 Å². The molecule has 0 aromatic carbocycles. The van der Waals surface area contributed by atoms with Gasteiger partial charge in [-0.1, -0.05) is 6.08 Å². The number of nitrogens with zero attached hydrogens (tertiary/aromatic N) is 9. The Morgan fingerprint density at radius 1 is 0.889 bits per heavy atom. The predicted molar refractivity (Wildman–Crippen MR) is 162 cm³/mol. The standard InChI is InChI=1S/C30H31N11O4/c1-18(2)39(29(45)17-42)24-7-5-6-23(14-24)30(25-12-21(8-10-27(25)43)15-31-40-19(3)33-35-37-40)26-13-22(9-11-28(26)44)16-32-41-20(4)34-36-38-41/h5,7-16,18,31-32,42H,6,17H2,1-4H3/b21-15+,22-16+. The molecule has 3 N–H and O–H groups in total. The van der Waals surface area contributed by atoms with Gasteiger partial charge in [0.1, 0.15) is 6.61 Å². The van der Waals surface area contributed by atoms with Crippen molar-refractivity contribution in [3.63, 3.8) is 0 Å². The summed E-state index contributed by atoms with van der Waals surface area (Å²) < 4.78 is 0. The van der Waals surface area contributed by atoms with Crippen LogP contribution in [0, 0.1) is 13.8 Å². The summed E-state index contributed by atoms with van der Waals surface area (Å²) in [6, 6.07) is -0.258. The molecule has 15 heteroatoms. The van der Waals surface area contributed by atoms with E-state index in [0.717, 1.165) is 0 Å². The van der Waals surface area contributed by atoms with E-state index in [4.69, 9.17) is 0 Å². The number of aliphatic hydroxyl groups is 1. The molecule has 2 aromatic heterocycles. The first kappa shape index (κ1) is 30.6. The van der Waals surface area contributed by atoms with E-state index in [1.807, 2.05) is 19.9 Å². The van der Waals surface area contributed by atoms with Gasteiger partial charge in [0.2, 0.25) is 0 Å². The van der Waals surface area contributed by atoms with Gasteiger partial charge >= 0.3 is 0 Å². The number of tetrazole rings is 2. The molecule has 230 valence electrons. The second-order valence-electron chi connectivity index (χ2n) is 10.4. The monoisotopic (exact) mass is 609 g/mol. The minimum Gasteiger partial charge on any atom is -0.387 e. The number of carbonyl (C=O) groups is 3. The molecular formula is C30H31N11O4. The van der Waals surface area contributed by atoms with Crippen LogP contribution in [0.25, 0.3) is 0 Å². The third-order valence-corrected chi connectivity index (χ3v) is 6.97. The van der Waals surface area contributed by atoms with E-state index in [1.165, 1.54) is 26.6 Å². The van der Waals surface area contributed by atoms with E-state index in [2.05, 4.69) is 41.9 Å². The van der Waals surface area contributed by atoms with Crippen LogP contribution in [-0.4, -0.2) is 80.8 Å². The van der Waals surface area contributed by atoms with E-state index < -0.39 is 12.5 Å². The zero-order chi connectivity index (χ0) is 32.1. The molecule has 3 aliphatic rings. The number of aromatic nitrogens is 8. The minimum absolute atomic E-state index is 0.258. The Labute approximate surface area is 258 Å². The Kier molecular flexibility index (Phi) is 8.99. The third-order valence-electron chi connectivity index (χ3n) is 6.97. The maximum absolute atomic E-state index is 13.5. The number of hydrogen-bond donors (Lipinski definition) is 3. The number of rotatable bonds is 9. The summed E-state index contributed by atoms with van der Waals surface area (Å²) in [4.78, 5) is 43.9. The number of amides is 1. The number of nitrogens with one attached hydrogen (secondary N) is 2. The Morgan fingerprint density at radius 3 is 1.87 bits per heavy atom. The molecule has 3 aliphatic carbocycles. The van der Waals surface area contributed by atoms with Crippen molar-refractivity contribution >= 4 is 17.5 Å². The van der Waals surface area contributed by atoms with Crippen LogP contribution >= 0.6 is 0 Å². The van der Waals surface area contributed by atoms with Crippen LogP contribution in [-0.2, 0) is 14.4 Å². The van der Waals surface area contributed by atoms with Gasteiger partial charge in [-0.25, -0.2) is 0 Å². The predicted octanol–water partition coefficient (Wildman–Crippen LogP) is 1.33. The summed E-state index contributed by atoms with van der Waals surface area (Å²) in [6.45, 7) is 6.47. The summed E-state index contributed by atoms with van der Waals surface area (Å²) in [6.07, 6.45) is 18.6. The molecule has 0 bridgehead atoms. The van der Waals surface area contributed by atoms with E-state index in [1.54, 1.807) is 62.7 Å². The molecule has 15 nitrogen and oxygen atoms in total. The highest BCUT2D eigenvalue weighted by Crippen LogP contribution is 2.35. The fourth-order valence-corrected chi connectivity index (χ4v) is 4.85. The second-order valence-corrected chi connectivity index (χ2v) is 10.4. The molecular weight excluding hydrogens is 578 g/mol. The van der Waals surface area contributed by atoms with Crippen molar-refractivity contribution in [1.82, 2.24) is 45.5 Å². The zero-order valence-electron chi connectivity index (χ0n) is 25.0. The Morgan fingerprint density at radius 2 is 1.42 bits per heavy atom. The molecule has 45 heavy (non-hydrogen) atoms. The Bertz CT molecular complexity index is 1730. The molecule has 0 unspecified atom stereocenters. The zero-order valence-corrected chi connectivity index (χ0v) is 25.0. The number of allylic oxidation sites excluding steroid dienone is 15. The van der Waals surface area contributed by atoms with Gasteiger partial charge in [0, 0.05) is 40.9 Å². The fraction of sp³-hybridized carbons (Fsp3) is 0.233. The van der Waals surface area contributed by atoms with Gasteiger partial charge in [-0.15, -0.1) is 19.8 Å². The summed E-state index contributed by atoms with van der Waals surface area (Å²) in [5.74, 6) is -0.0211. The average Bonchev–Trinajstić information content (AvgIpc) is 3.64. The van der Waals surface area contributed by atoms with E-state index in [0.29, 0.717) is 46.1 Å². The molecule has 0 atom stereocenters. The highest BCUT2D eigenvalue weighted by atomic mass is 16.3. The van der Waals surface area contributed by atoms with Crippen LogP contribution in [0.5, 0.6) is 0 Å². The molecule has 0 fully saturated rings. The summed E-state index contributed by atoms with van der Waals surface area (Å²) >= 11 is 0. The summed E-state index contributed by atoms with van der Waals surface area (Å²) in [7, 11) is 0. The van der Waals surface area contributed by atoms with Crippen LogP contribution in [0.1, 0.15) is 31.9 Å². The Hall–Kier alpha value is -5.83. The Balaban J connectivity index is 1.65.